The maximum Gasteiger partial charge on any atom is 0.0998 e. The number of nitriles is 1. The van der Waals surface area contributed by atoms with Crippen LogP contribution in [0.15, 0.2) is 164 Å². The molecule has 9 rings (SSSR count). The Balaban J connectivity index is 1.33. The van der Waals surface area contributed by atoms with E-state index in [-0.39, 0.29) is 0 Å². The molecule has 0 bridgehead atoms. The van der Waals surface area contributed by atoms with Gasteiger partial charge in [-0.1, -0.05) is 146 Å². The van der Waals surface area contributed by atoms with Crippen molar-refractivity contribution >= 4 is 21.5 Å². The maximum atomic E-state index is 10.0. The topological polar surface area (TPSA) is 23.8 Å². The first-order valence-electron chi connectivity index (χ1n) is 15.7. The molecule has 1 aliphatic carbocycles. The van der Waals surface area contributed by atoms with Crippen LogP contribution in [0.25, 0.3) is 88.3 Å². The molecular weight excluding hydrogens is 555 g/mol. The lowest BCUT2D eigenvalue weighted by molar-refractivity contribution is 1.49. The second kappa shape index (κ2) is 10.4. The molecule has 0 aromatic heterocycles. The summed E-state index contributed by atoms with van der Waals surface area (Å²) in [6.45, 7) is 0. The summed E-state index contributed by atoms with van der Waals surface area (Å²) in [4.78, 5) is 0. The van der Waals surface area contributed by atoms with Gasteiger partial charge >= 0.3 is 0 Å². The second-order valence-electron chi connectivity index (χ2n) is 12.0. The van der Waals surface area contributed by atoms with E-state index in [4.69, 9.17) is 0 Å². The van der Waals surface area contributed by atoms with Gasteiger partial charge in [0.25, 0.3) is 0 Å². The van der Waals surface area contributed by atoms with Crippen molar-refractivity contribution in [1.82, 2.24) is 0 Å². The summed E-state index contributed by atoms with van der Waals surface area (Å²) in [5.74, 6) is 0. The molecule has 0 saturated carbocycles. The van der Waals surface area contributed by atoms with Gasteiger partial charge in [0.2, 0.25) is 0 Å². The van der Waals surface area contributed by atoms with E-state index in [0.29, 0.717) is 5.56 Å². The minimum absolute atomic E-state index is 0.686. The predicted octanol–water partition coefficient (Wildman–Crippen LogP) is 12.2. The quantitative estimate of drug-likeness (QED) is 0.203. The average Bonchev–Trinajstić information content (AvgIpc) is 3.47. The molecule has 8 aromatic carbocycles. The first-order valence-corrected chi connectivity index (χ1v) is 15.7. The van der Waals surface area contributed by atoms with Gasteiger partial charge in [0, 0.05) is 5.56 Å². The van der Waals surface area contributed by atoms with E-state index in [2.05, 4.69) is 152 Å². The third kappa shape index (κ3) is 4.02. The first kappa shape index (κ1) is 26.2. The van der Waals surface area contributed by atoms with Gasteiger partial charge in [-0.05, 0) is 101 Å². The number of rotatable bonds is 4. The van der Waals surface area contributed by atoms with Crippen molar-refractivity contribution < 1.29 is 0 Å². The largest absolute Gasteiger partial charge is 0.192 e. The van der Waals surface area contributed by atoms with Crippen molar-refractivity contribution in [2.75, 3.05) is 0 Å². The number of hydrogen-bond acceptors (Lipinski definition) is 1. The van der Waals surface area contributed by atoms with E-state index in [1.165, 1.54) is 60.8 Å². The fourth-order valence-corrected chi connectivity index (χ4v) is 7.37. The summed E-state index contributed by atoms with van der Waals surface area (Å²) in [5, 5.41) is 14.8. The van der Waals surface area contributed by atoms with Crippen LogP contribution in [0, 0.1) is 11.3 Å². The number of nitrogens with zero attached hydrogens (tertiary/aromatic N) is 1. The summed E-state index contributed by atoms with van der Waals surface area (Å²) in [6, 6.07) is 60.9. The standard InChI is InChI=1S/C45H27N/c46-28-36-25-34-15-7-8-16-35(34)26-39(36)30-21-23-31(24-22-30)40-27-41(29-11-3-1-4-12-29)44-37-19-9-17-32-18-10-20-38(42(32)37)45(44)43(40)33-13-5-2-6-14-33/h1-27H. The number of hydrogen-bond donors (Lipinski definition) is 0. The van der Waals surface area contributed by atoms with Gasteiger partial charge in [-0.15, -0.1) is 0 Å². The van der Waals surface area contributed by atoms with Crippen molar-refractivity contribution in [3.63, 3.8) is 0 Å². The van der Waals surface area contributed by atoms with E-state index < -0.39 is 0 Å². The van der Waals surface area contributed by atoms with Gasteiger partial charge in [-0.25, -0.2) is 0 Å². The zero-order chi connectivity index (χ0) is 30.6. The molecule has 8 aromatic rings. The van der Waals surface area contributed by atoms with Gasteiger partial charge in [0.05, 0.1) is 11.6 Å². The first-order chi connectivity index (χ1) is 22.8. The monoisotopic (exact) mass is 581 g/mol. The Hall–Kier alpha value is -6.23. The maximum absolute atomic E-state index is 10.0. The fourth-order valence-electron chi connectivity index (χ4n) is 7.37. The predicted molar refractivity (Wildman–Crippen MR) is 192 cm³/mol. The van der Waals surface area contributed by atoms with Crippen molar-refractivity contribution in [3.8, 4) is 72.8 Å². The lowest BCUT2D eigenvalue weighted by atomic mass is 9.82. The summed E-state index contributed by atoms with van der Waals surface area (Å²) < 4.78 is 0. The van der Waals surface area contributed by atoms with Gasteiger partial charge < -0.3 is 0 Å². The van der Waals surface area contributed by atoms with Crippen LogP contribution in [0.3, 0.4) is 0 Å². The molecule has 0 atom stereocenters. The molecular formula is C45H27N. The van der Waals surface area contributed by atoms with Gasteiger partial charge in [0.1, 0.15) is 0 Å². The third-order valence-electron chi connectivity index (χ3n) is 9.43. The van der Waals surface area contributed by atoms with Gasteiger partial charge in [0.15, 0.2) is 0 Å². The molecule has 1 aliphatic rings. The minimum Gasteiger partial charge on any atom is -0.192 e. The molecule has 0 amide bonds. The van der Waals surface area contributed by atoms with Crippen LogP contribution in [0.4, 0.5) is 0 Å². The Bertz CT molecular complexity index is 2490. The normalized spacial score (nSPS) is 11.5. The zero-order valence-electron chi connectivity index (χ0n) is 25.0. The van der Waals surface area contributed by atoms with Gasteiger partial charge in [-0.2, -0.15) is 5.26 Å². The van der Waals surface area contributed by atoms with Crippen LogP contribution in [0.1, 0.15) is 5.56 Å². The molecule has 212 valence electrons. The van der Waals surface area contributed by atoms with Crippen molar-refractivity contribution in [2.24, 2.45) is 0 Å². The highest BCUT2D eigenvalue weighted by Gasteiger charge is 2.30. The van der Waals surface area contributed by atoms with Crippen LogP contribution in [0.5, 0.6) is 0 Å². The lowest BCUT2D eigenvalue weighted by Gasteiger charge is -2.21. The molecule has 0 N–H and O–H groups in total. The molecule has 46 heavy (non-hydrogen) atoms. The summed E-state index contributed by atoms with van der Waals surface area (Å²) in [6.07, 6.45) is 0. The molecule has 0 spiro atoms. The van der Waals surface area contributed by atoms with Crippen LogP contribution in [-0.2, 0) is 0 Å². The van der Waals surface area contributed by atoms with E-state index >= 15 is 0 Å². The van der Waals surface area contributed by atoms with Crippen LogP contribution in [0.2, 0.25) is 0 Å². The van der Waals surface area contributed by atoms with Crippen molar-refractivity contribution in [2.45, 2.75) is 0 Å². The SMILES string of the molecule is N#Cc1cc2ccccc2cc1-c1ccc(-c2cc(-c3ccccc3)c3c(c2-c2ccccc2)-c2cccc4cccc-3c24)cc1. The molecule has 0 radical (unpaired) electrons. The fraction of sp³-hybridized carbons (Fsp3) is 0. The van der Waals surface area contributed by atoms with E-state index in [0.717, 1.165) is 27.5 Å². The molecule has 0 heterocycles. The van der Waals surface area contributed by atoms with Gasteiger partial charge in [-0.3, -0.25) is 0 Å². The van der Waals surface area contributed by atoms with Crippen LogP contribution < -0.4 is 0 Å². The number of benzene rings is 8. The summed E-state index contributed by atoms with van der Waals surface area (Å²) >= 11 is 0. The zero-order valence-corrected chi connectivity index (χ0v) is 25.0. The Kier molecular flexibility index (Phi) is 5.95. The lowest BCUT2D eigenvalue weighted by Crippen LogP contribution is -1.94. The minimum atomic E-state index is 0.686. The Morgan fingerprint density at radius 1 is 0.326 bits per heavy atom. The molecule has 0 saturated heterocycles. The highest BCUT2D eigenvalue weighted by atomic mass is 14.3. The second-order valence-corrected chi connectivity index (χ2v) is 12.0. The Morgan fingerprint density at radius 3 is 1.48 bits per heavy atom. The van der Waals surface area contributed by atoms with E-state index in [1.807, 2.05) is 18.2 Å². The summed E-state index contributed by atoms with van der Waals surface area (Å²) in [7, 11) is 0. The Labute approximate surface area is 268 Å². The Morgan fingerprint density at radius 2 is 0.826 bits per heavy atom. The summed E-state index contributed by atoms with van der Waals surface area (Å²) in [5.41, 5.74) is 15.1. The molecule has 0 fully saturated rings. The third-order valence-corrected chi connectivity index (χ3v) is 9.43. The highest BCUT2D eigenvalue weighted by molar-refractivity contribution is 6.22. The van der Waals surface area contributed by atoms with E-state index in [9.17, 15) is 5.26 Å². The van der Waals surface area contributed by atoms with Crippen molar-refractivity contribution in [3.05, 3.63) is 169 Å². The molecule has 1 heteroatoms. The van der Waals surface area contributed by atoms with Crippen molar-refractivity contribution in [1.29, 1.82) is 5.26 Å². The van der Waals surface area contributed by atoms with Crippen LogP contribution >= 0.6 is 0 Å². The molecule has 1 nitrogen and oxygen atoms in total. The average molecular weight is 582 g/mol. The molecule has 0 unspecified atom stereocenters. The number of fused-ring (bicyclic) bond motifs is 4. The van der Waals surface area contributed by atoms with E-state index in [1.54, 1.807) is 0 Å². The highest BCUT2D eigenvalue weighted by Crippen LogP contribution is 2.57. The smallest absolute Gasteiger partial charge is 0.0998 e. The molecule has 0 aliphatic heterocycles. The van der Waals surface area contributed by atoms with Crippen LogP contribution in [-0.4, -0.2) is 0 Å².